The van der Waals surface area contributed by atoms with Crippen molar-refractivity contribution in [1.29, 1.82) is 0 Å². The summed E-state index contributed by atoms with van der Waals surface area (Å²) in [6.45, 7) is 8.10. The van der Waals surface area contributed by atoms with Gasteiger partial charge in [0, 0.05) is 0 Å². The first-order valence-electron chi connectivity index (χ1n) is 7.42. The largest absolute Gasteiger partial charge is 0.457 e. The monoisotopic (exact) mass is 294 g/mol. The van der Waals surface area contributed by atoms with E-state index in [-0.39, 0.29) is 11.2 Å². The van der Waals surface area contributed by atoms with Crippen molar-refractivity contribution in [3.05, 3.63) is 65.7 Å². The van der Waals surface area contributed by atoms with E-state index in [1.54, 1.807) is 12.2 Å². The third-order valence-corrected chi connectivity index (χ3v) is 3.32. The lowest BCUT2D eigenvalue weighted by molar-refractivity contribution is -0.112. The van der Waals surface area contributed by atoms with Gasteiger partial charge in [0.25, 0.3) is 0 Å². The van der Waals surface area contributed by atoms with E-state index < -0.39 is 0 Å². The van der Waals surface area contributed by atoms with Crippen molar-refractivity contribution in [2.24, 2.45) is 0 Å². The second-order valence-corrected chi connectivity index (χ2v) is 6.39. The van der Waals surface area contributed by atoms with Gasteiger partial charge in [0.05, 0.1) is 0 Å². The molecule has 2 heteroatoms. The summed E-state index contributed by atoms with van der Waals surface area (Å²) in [6, 6.07) is 15.8. The zero-order valence-corrected chi connectivity index (χ0v) is 13.6. The zero-order chi connectivity index (χ0) is 16.2. The van der Waals surface area contributed by atoms with E-state index in [1.807, 2.05) is 36.4 Å². The topological polar surface area (TPSA) is 26.3 Å². The standard InChI is InChI=1S/C20H22O2/c1-15(21)8-9-16-6-5-7-19(14-16)22-18-12-10-17(11-13-18)20(2,3)4/h5-14H,1-4H3. The van der Waals surface area contributed by atoms with Gasteiger partial charge in [0.2, 0.25) is 0 Å². The van der Waals surface area contributed by atoms with Crippen LogP contribution in [0, 0.1) is 0 Å². The van der Waals surface area contributed by atoms with Crippen LogP contribution in [0.2, 0.25) is 0 Å². The fourth-order valence-corrected chi connectivity index (χ4v) is 2.05. The minimum absolute atomic E-state index is 0.0316. The highest BCUT2D eigenvalue weighted by atomic mass is 16.5. The van der Waals surface area contributed by atoms with Crippen LogP contribution >= 0.6 is 0 Å². The molecule has 0 radical (unpaired) electrons. The summed E-state index contributed by atoms with van der Waals surface area (Å²) >= 11 is 0. The molecule has 0 spiro atoms. The second kappa shape index (κ2) is 6.61. The Bertz CT molecular complexity index is 674. The normalized spacial score (nSPS) is 11.6. The third kappa shape index (κ3) is 4.59. The van der Waals surface area contributed by atoms with Crippen LogP contribution in [-0.2, 0) is 10.2 Å². The summed E-state index contributed by atoms with van der Waals surface area (Å²) in [6.07, 6.45) is 3.34. The Morgan fingerprint density at radius 3 is 2.27 bits per heavy atom. The molecule has 0 aromatic heterocycles. The summed E-state index contributed by atoms with van der Waals surface area (Å²) < 4.78 is 5.87. The number of carbonyl (C=O) groups excluding carboxylic acids is 1. The lowest BCUT2D eigenvalue weighted by Gasteiger charge is -2.19. The van der Waals surface area contributed by atoms with Crippen LogP contribution in [0.3, 0.4) is 0 Å². The summed E-state index contributed by atoms with van der Waals surface area (Å²) in [4.78, 5) is 11.0. The number of hydrogen-bond acceptors (Lipinski definition) is 2. The molecule has 2 rings (SSSR count). The molecule has 2 nitrogen and oxygen atoms in total. The highest BCUT2D eigenvalue weighted by Gasteiger charge is 2.13. The van der Waals surface area contributed by atoms with Crippen molar-refractivity contribution in [2.45, 2.75) is 33.1 Å². The summed E-state index contributed by atoms with van der Waals surface area (Å²) in [5.74, 6) is 1.60. The van der Waals surface area contributed by atoms with Crippen LogP contribution in [-0.4, -0.2) is 5.78 Å². The van der Waals surface area contributed by atoms with Gasteiger partial charge in [-0.05, 0) is 53.8 Å². The Balaban J connectivity index is 2.14. The molecule has 0 atom stereocenters. The fourth-order valence-electron chi connectivity index (χ4n) is 2.05. The average molecular weight is 294 g/mol. The number of carbonyl (C=O) groups is 1. The van der Waals surface area contributed by atoms with E-state index in [4.69, 9.17) is 4.74 Å². The van der Waals surface area contributed by atoms with Gasteiger partial charge in [-0.2, -0.15) is 0 Å². The van der Waals surface area contributed by atoms with E-state index >= 15 is 0 Å². The minimum Gasteiger partial charge on any atom is -0.457 e. The smallest absolute Gasteiger partial charge is 0.152 e. The fraction of sp³-hybridized carbons (Fsp3) is 0.250. The number of ether oxygens (including phenoxy) is 1. The Labute approximate surface area is 132 Å². The molecule has 0 saturated heterocycles. The molecular weight excluding hydrogens is 272 g/mol. The van der Waals surface area contributed by atoms with Crippen molar-refractivity contribution >= 4 is 11.9 Å². The van der Waals surface area contributed by atoms with Crippen LogP contribution < -0.4 is 4.74 Å². The van der Waals surface area contributed by atoms with Crippen LogP contribution in [0.15, 0.2) is 54.6 Å². The van der Waals surface area contributed by atoms with Gasteiger partial charge in [-0.25, -0.2) is 0 Å². The number of allylic oxidation sites excluding steroid dienone is 1. The molecule has 0 amide bonds. The van der Waals surface area contributed by atoms with Gasteiger partial charge in [-0.1, -0.05) is 51.1 Å². The van der Waals surface area contributed by atoms with Crippen molar-refractivity contribution in [1.82, 2.24) is 0 Å². The number of ketones is 1. The molecule has 2 aromatic rings. The molecule has 0 heterocycles. The molecule has 0 aliphatic carbocycles. The van der Waals surface area contributed by atoms with Crippen LogP contribution in [0.25, 0.3) is 6.08 Å². The Hall–Kier alpha value is -2.35. The van der Waals surface area contributed by atoms with E-state index in [1.165, 1.54) is 12.5 Å². The van der Waals surface area contributed by atoms with Gasteiger partial charge >= 0.3 is 0 Å². The first-order chi connectivity index (χ1) is 10.3. The van der Waals surface area contributed by atoms with E-state index in [0.717, 1.165) is 17.1 Å². The van der Waals surface area contributed by atoms with Gasteiger partial charge in [0.1, 0.15) is 11.5 Å². The summed E-state index contributed by atoms with van der Waals surface area (Å²) in [5, 5.41) is 0. The van der Waals surface area contributed by atoms with Crippen LogP contribution in [0.5, 0.6) is 11.5 Å². The quantitative estimate of drug-likeness (QED) is 0.708. The minimum atomic E-state index is 0.0316. The Morgan fingerprint density at radius 2 is 1.68 bits per heavy atom. The average Bonchev–Trinajstić information content (AvgIpc) is 2.45. The molecule has 0 fully saturated rings. The van der Waals surface area contributed by atoms with Crippen molar-refractivity contribution in [3.8, 4) is 11.5 Å². The van der Waals surface area contributed by atoms with Gasteiger partial charge in [0.15, 0.2) is 5.78 Å². The van der Waals surface area contributed by atoms with Gasteiger partial charge in [-0.3, -0.25) is 4.79 Å². The number of rotatable bonds is 4. The van der Waals surface area contributed by atoms with E-state index in [0.29, 0.717) is 0 Å². The molecule has 0 unspecified atom stereocenters. The summed E-state index contributed by atoms with van der Waals surface area (Å²) in [5.41, 5.74) is 2.35. The predicted octanol–water partition coefficient (Wildman–Crippen LogP) is 5.38. The number of hydrogen-bond donors (Lipinski definition) is 0. The highest BCUT2D eigenvalue weighted by Crippen LogP contribution is 2.27. The van der Waals surface area contributed by atoms with Gasteiger partial charge < -0.3 is 4.74 Å². The molecule has 0 bridgehead atoms. The predicted molar refractivity (Wildman–Crippen MR) is 91.4 cm³/mol. The number of benzene rings is 2. The maximum Gasteiger partial charge on any atom is 0.152 e. The Kier molecular flexibility index (Phi) is 4.81. The lowest BCUT2D eigenvalue weighted by atomic mass is 9.87. The highest BCUT2D eigenvalue weighted by molar-refractivity contribution is 5.91. The SMILES string of the molecule is CC(=O)C=Cc1cccc(Oc2ccc(C(C)(C)C)cc2)c1. The van der Waals surface area contributed by atoms with E-state index in [9.17, 15) is 4.79 Å². The van der Waals surface area contributed by atoms with Crippen LogP contribution in [0.4, 0.5) is 0 Å². The van der Waals surface area contributed by atoms with Crippen molar-refractivity contribution in [2.75, 3.05) is 0 Å². The molecular formula is C20H22O2. The van der Waals surface area contributed by atoms with Crippen LogP contribution in [0.1, 0.15) is 38.8 Å². The molecule has 2 aromatic carbocycles. The van der Waals surface area contributed by atoms with Gasteiger partial charge in [-0.15, -0.1) is 0 Å². The molecule has 0 saturated carbocycles. The molecule has 0 N–H and O–H groups in total. The molecule has 0 aliphatic rings. The first-order valence-corrected chi connectivity index (χ1v) is 7.42. The molecule has 22 heavy (non-hydrogen) atoms. The molecule has 114 valence electrons. The lowest BCUT2D eigenvalue weighted by Crippen LogP contribution is -2.10. The maximum atomic E-state index is 11.0. The zero-order valence-electron chi connectivity index (χ0n) is 13.6. The van der Waals surface area contributed by atoms with Crippen molar-refractivity contribution < 1.29 is 9.53 Å². The Morgan fingerprint density at radius 1 is 1.00 bits per heavy atom. The second-order valence-electron chi connectivity index (χ2n) is 6.39. The summed E-state index contributed by atoms with van der Waals surface area (Å²) in [7, 11) is 0. The first kappa shape index (κ1) is 16.0. The van der Waals surface area contributed by atoms with E-state index in [2.05, 4.69) is 32.9 Å². The van der Waals surface area contributed by atoms with Crippen molar-refractivity contribution in [3.63, 3.8) is 0 Å². The molecule has 0 aliphatic heterocycles. The maximum absolute atomic E-state index is 11.0. The third-order valence-electron chi connectivity index (χ3n) is 3.32.